The molecule has 128 valence electrons. The third kappa shape index (κ3) is 3.28. The van der Waals surface area contributed by atoms with Gasteiger partial charge in [0.2, 0.25) is 0 Å². The Kier molecular flexibility index (Phi) is 4.24. The molecule has 25 heavy (non-hydrogen) atoms. The Morgan fingerprint density at radius 2 is 2.00 bits per heavy atom. The Balaban J connectivity index is 1.52. The predicted molar refractivity (Wildman–Crippen MR) is 95.2 cm³/mol. The second-order valence-corrected chi connectivity index (χ2v) is 6.56. The number of carbonyl (C=O) groups excluding carboxylic acids is 1. The van der Waals surface area contributed by atoms with Crippen LogP contribution in [0, 0.1) is 0 Å². The lowest BCUT2D eigenvalue weighted by molar-refractivity contribution is 0.0850. The largest absolute Gasteiger partial charge is 0.464 e. The van der Waals surface area contributed by atoms with Crippen molar-refractivity contribution in [2.24, 2.45) is 0 Å². The van der Waals surface area contributed by atoms with Crippen molar-refractivity contribution in [2.45, 2.75) is 37.8 Å². The minimum Gasteiger partial charge on any atom is -0.464 e. The number of benzene rings is 1. The summed E-state index contributed by atoms with van der Waals surface area (Å²) in [6, 6.07) is 11.2. The number of furan rings is 1. The van der Waals surface area contributed by atoms with E-state index in [9.17, 15) is 9.90 Å². The molecule has 5 nitrogen and oxygen atoms in total. The standard InChI is InChI=1S/C20H20N2O3/c23-16-3-1-2-15(12-16)22-20(24)14-6-4-13(5-7-14)19-17-9-11-25-18(17)8-10-21-19/h4-11,15-16,23H,1-3,12H2,(H,22,24)/t15-,16+/m0/s1. The average Bonchev–Trinajstić information content (AvgIpc) is 3.10. The van der Waals surface area contributed by atoms with Gasteiger partial charge in [0.15, 0.2) is 0 Å². The Hall–Kier alpha value is -2.66. The molecule has 5 heteroatoms. The minimum atomic E-state index is -0.303. The van der Waals surface area contributed by atoms with E-state index in [1.807, 2.05) is 36.4 Å². The minimum absolute atomic E-state index is 0.0530. The molecule has 1 aliphatic carbocycles. The maximum absolute atomic E-state index is 12.4. The molecule has 3 aromatic rings. The first-order chi connectivity index (χ1) is 12.2. The zero-order valence-electron chi connectivity index (χ0n) is 13.8. The number of hydrogen-bond donors (Lipinski definition) is 2. The smallest absolute Gasteiger partial charge is 0.251 e. The Morgan fingerprint density at radius 3 is 2.80 bits per heavy atom. The summed E-state index contributed by atoms with van der Waals surface area (Å²) >= 11 is 0. The number of aromatic nitrogens is 1. The van der Waals surface area contributed by atoms with Gasteiger partial charge in [0.1, 0.15) is 5.58 Å². The lowest BCUT2D eigenvalue weighted by Crippen LogP contribution is -2.39. The molecular weight excluding hydrogens is 316 g/mol. The summed E-state index contributed by atoms with van der Waals surface area (Å²) in [7, 11) is 0. The van der Waals surface area contributed by atoms with Gasteiger partial charge in [-0.1, -0.05) is 12.1 Å². The van der Waals surface area contributed by atoms with Crippen LogP contribution in [0.5, 0.6) is 0 Å². The molecule has 2 N–H and O–H groups in total. The highest BCUT2D eigenvalue weighted by Crippen LogP contribution is 2.27. The number of fused-ring (bicyclic) bond motifs is 1. The molecular formula is C20H20N2O3. The molecule has 2 atom stereocenters. The predicted octanol–water partition coefficient (Wildman–Crippen LogP) is 3.53. The maximum atomic E-state index is 12.4. The van der Waals surface area contributed by atoms with Crippen LogP contribution in [-0.2, 0) is 0 Å². The van der Waals surface area contributed by atoms with Gasteiger partial charge in [-0.2, -0.15) is 0 Å². The van der Waals surface area contributed by atoms with E-state index in [1.165, 1.54) is 0 Å². The lowest BCUT2D eigenvalue weighted by Gasteiger charge is -2.26. The van der Waals surface area contributed by atoms with Crippen molar-refractivity contribution in [2.75, 3.05) is 0 Å². The Bertz CT molecular complexity index is 885. The monoisotopic (exact) mass is 336 g/mol. The van der Waals surface area contributed by atoms with Gasteiger partial charge in [0.05, 0.1) is 18.1 Å². The molecule has 1 amide bonds. The van der Waals surface area contributed by atoms with Crippen molar-refractivity contribution in [1.82, 2.24) is 10.3 Å². The fourth-order valence-corrected chi connectivity index (χ4v) is 3.47. The normalized spacial score (nSPS) is 20.5. The highest BCUT2D eigenvalue weighted by Gasteiger charge is 2.22. The van der Waals surface area contributed by atoms with Crippen LogP contribution in [0.1, 0.15) is 36.0 Å². The van der Waals surface area contributed by atoms with Crippen LogP contribution < -0.4 is 5.32 Å². The first-order valence-corrected chi connectivity index (χ1v) is 8.62. The number of aliphatic hydroxyl groups is 1. The number of rotatable bonds is 3. The van der Waals surface area contributed by atoms with Gasteiger partial charge >= 0.3 is 0 Å². The number of amides is 1. The summed E-state index contributed by atoms with van der Waals surface area (Å²) in [5.41, 5.74) is 3.19. The molecule has 1 fully saturated rings. The van der Waals surface area contributed by atoms with Crippen LogP contribution in [0.3, 0.4) is 0 Å². The molecule has 0 aliphatic heterocycles. The summed E-state index contributed by atoms with van der Waals surface area (Å²) in [5, 5.41) is 13.7. The number of pyridine rings is 1. The van der Waals surface area contributed by atoms with Crippen LogP contribution in [0.2, 0.25) is 0 Å². The molecule has 0 spiro atoms. The third-order valence-corrected chi connectivity index (χ3v) is 4.78. The number of aliphatic hydroxyl groups excluding tert-OH is 1. The SMILES string of the molecule is O=C(N[C@H]1CCC[C@@H](O)C1)c1ccc(-c2nccc3occc23)cc1. The molecule has 0 saturated heterocycles. The topological polar surface area (TPSA) is 75.4 Å². The lowest BCUT2D eigenvalue weighted by atomic mass is 9.93. The summed E-state index contributed by atoms with van der Waals surface area (Å²) in [6.07, 6.45) is 6.40. The quantitative estimate of drug-likeness (QED) is 0.767. The second-order valence-electron chi connectivity index (χ2n) is 6.56. The zero-order chi connectivity index (χ0) is 17.2. The first kappa shape index (κ1) is 15.8. The molecule has 4 rings (SSSR count). The van der Waals surface area contributed by atoms with Gasteiger partial charge < -0.3 is 14.8 Å². The van der Waals surface area contributed by atoms with Gasteiger partial charge in [-0.25, -0.2) is 0 Å². The van der Waals surface area contributed by atoms with Crippen molar-refractivity contribution >= 4 is 16.9 Å². The summed E-state index contributed by atoms with van der Waals surface area (Å²) < 4.78 is 5.41. The van der Waals surface area contributed by atoms with Crippen LogP contribution in [0.4, 0.5) is 0 Å². The van der Waals surface area contributed by atoms with Gasteiger partial charge in [-0.3, -0.25) is 9.78 Å². The number of hydrogen-bond acceptors (Lipinski definition) is 4. The van der Waals surface area contributed by atoms with E-state index in [2.05, 4.69) is 10.3 Å². The third-order valence-electron chi connectivity index (χ3n) is 4.78. The first-order valence-electron chi connectivity index (χ1n) is 8.62. The van der Waals surface area contributed by atoms with Crippen LogP contribution in [0.25, 0.3) is 22.2 Å². The molecule has 0 unspecified atom stereocenters. The molecule has 0 radical (unpaired) electrons. The molecule has 1 aliphatic rings. The van der Waals surface area contributed by atoms with E-state index in [0.717, 1.165) is 41.5 Å². The van der Waals surface area contributed by atoms with E-state index in [4.69, 9.17) is 4.42 Å². The van der Waals surface area contributed by atoms with E-state index < -0.39 is 0 Å². The molecule has 1 saturated carbocycles. The molecule has 2 heterocycles. The van der Waals surface area contributed by atoms with Crippen molar-refractivity contribution in [3.8, 4) is 11.3 Å². The second kappa shape index (κ2) is 6.69. The van der Waals surface area contributed by atoms with Gasteiger partial charge in [-0.05, 0) is 49.9 Å². The van der Waals surface area contributed by atoms with Crippen LogP contribution in [-0.4, -0.2) is 28.1 Å². The van der Waals surface area contributed by atoms with Crippen LogP contribution >= 0.6 is 0 Å². The highest BCUT2D eigenvalue weighted by atomic mass is 16.3. The fraction of sp³-hybridized carbons (Fsp3) is 0.300. The summed E-state index contributed by atoms with van der Waals surface area (Å²) in [5.74, 6) is -0.0971. The van der Waals surface area contributed by atoms with Crippen molar-refractivity contribution < 1.29 is 14.3 Å². The highest BCUT2D eigenvalue weighted by molar-refractivity contribution is 5.96. The molecule has 2 aromatic heterocycles. The molecule has 0 bridgehead atoms. The van der Waals surface area contributed by atoms with Gasteiger partial charge in [0.25, 0.3) is 5.91 Å². The number of nitrogens with one attached hydrogen (secondary N) is 1. The van der Waals surface area contributed by atoms with Crippen molar-refractivity contribution in [3.63, 3.8) is 0 Å². The van der Waals surface area contributed by atoms with Gasteiger partial charge in [0, 0.05) is 28.8 Å². The summed E-state index contributed by atoms with van der Waals surface area (Å²) in [6.45, 7) is 0. The van der Waals surface area contributed by atoms with Crippen LogP contribution in [0.15, 0.2) is 53.3 Å². The zero-order valence-corrected chi connectivity index (χ0v) is 13.8. The van der Waals surface area contributed by atoms with E-state index in [0.29, 0.717) is 12.0 Å². The Labute approximate surface area is 145 Å². The molecule has 1 aromatic carbocycles. The van der Waals surface area contributed by atoms with E-state index in [1.54, 1.807) is 12.5 Å². The Morgan fingerprint density at radius 1 is 1.16 bits per heavy atom. The van der Waals surface area contributed by atoms with E-state index in [-0.39, 0.29) is 18.1 Å². The fourth-order valence-electron chi connectivity index (χ4n) is 3.47. The van der Waals surface area contributed by atoms with Crippen molar-refractivity contribution in [1.29, 1.82) is 0 Å². The van der Waals surface area contributed by atoms with Crippen molar-refractivity contribution in [3.05, 3.63) is 54.4 Å². The maximum Gasteiger partial charge on any atom is 0.251 e. The van der Waals surface area contributed by atoms with E-state index >= 15 is 0 Å². The van der Waals surface area contributed by atoms with Gasteiger partial charge in [-0.15, -0.1) is 0 Å². The summed E-state index contributed by atoms with van der Waals surface area (Å²) in [4.78, 5) is 16.9. The average molecular weight is 336 g/mol. The number of nitrogens with zero attached hydrogens (tertiary/aromatic N) is 1. The number of carbonyl (C=O) groups is 1.